The van der Waals surface area contributed by atoms with Crippen LogP contribution in [0.1, 0.15) is 20.8 Å². The minimum absolute atomic E-state index is 0.0245. The van der Waals surface area contributed by atoms with E-state index in [1.807, 2.05) is 0 Å². The Morgan fingerprint density at radius 1 is 1.07 bits per heavy atom. The maximum atomic E-state index is 12.3. The van der Waals surface area contributed by atoms with Gasteiger partial charge >= 0.3 is 5.97 Å². The molecule has 0 saturated carbocycles. The van der Waals surface area contributed by atoms with Gasteiger partial charge in [-0.05, 0) is 54.0 Å². The van der Waals surface area contributed by atoms with Crippen LogP contribution in [0.2, 0.25) is 5.02 Å². The highest BCUT2D eigenvalue weighted by Gasteiger charge is 2.22. The topological polar surface area (TPSA) is 107 Å². The van der Waals surface area contributed by atoms with E-state index in [0.717, 1.165) is 21.8 Å². The summed E-state index contributed by atoms with van der Waals surface area (Å²) in [6.45, 7) is 1.74. The highest BCUT2D eigenvalue weighted by atomic mass is 35.5. The van der Waals surface area contributed by atoms with E-state index in [4.69, 9.17) is 11.6 Å². The van der Waals surface area contributed by atoms with E-state index in [1.165, 1.54) is 30.4 Å². The number of hydrogen-bond acceptors (Lipinski definition) is 5. The monoisotopic (exact) mass is 429 g/mol. The van der Waals surface area contributed by atoms with Crippen molar-refractivity contribution in [2.24, 2.45) is 0 Å². The lowest BCUT2D eigenvalue weighted by molar-refractivity contribution is -0.111. The summed E-state index contributed by atoms with van der Waals surface area (Å²) in [5.41, 5.74) is 2.17. The molecule has 0 spiro atoms. The molecule has 0 saturated heterocycles. The van der Waals surface area contributed by atoms with Gasteiger partial charge in [0.1, 0.15) is 4.88 Å². The van der Waals surface area contributed by atoms with Gasteiger partial charge in [-0.25, -0.2) is 4.79 Å². The number of carboxylic acids is 1. The first-order valence-corrected chi connectivity index (χ1v) is 9.59. The molecule has 0 aliphatic heterocycles. The molecule has 1 aromatic heterocycles. The zero-order valence-corrected chi connectivity index (χ0v) is 16.7. The van der Waals surface area contributed by atoms with Crippen molar-refractivity contribution in [2.45, 2.75) is 6.92 Å². The second-order valence-corrected chi connectivity index (χ2v) is 7.60. The number of carboxylic acid groups (broad SMARTS) is 1. The normalized spacial score (nSPS) is 11.0. The Kier molecular flexibility index (Phi) is 5.91. The number of benzene rings is 2. The molecule has 3 aromatic rings. The number of halogens is 1. The first kappa shape index (κ1) is 20.4. The number of aromatic hydroxyl groups is 2. The molecule has 148 valence electrons. The lowest BCUT2D eigenvalue weighted by Gasteiger charge is -2.05. The molecular formula is C21H16ClNO5S. The summed E-state index contributed by atoms with van der Waals surface area (Å²) < 4.78 is 0. The number of phenolic OH excluding ortho intramolecular Hbond substituents is 2. The third-order valence-corrected chi connectivity index (χ3v) is 5.70. The fourth-order valence-corrected chi connectivity index (χ4v) is 3.90. The van der Waals surface area contributed by atoms with E-state index in [9.17, 15) is 24.9 Å². The number of carbonyl (C=O) groups excluding carboxylic acids is 1. The molecule has 8 heteroatoms. The van der Waals surface area contributed by atoms with Crippen LogP contribution in [-0.2, 0) is 4.79 Å². The number of aromatic carboxylic acids is 1. The molecule has 0 radical (unpaired) electrons. The van der Waals surface area contributed by atoms with Crippen LogP contribution >= 0.6 is 22.9 Å². The summed E-state index contributed by atoms with van der Waals surface area (Å²) in [6, 6.07) is 11.1. The minimum atomic E-state index is -1.14. The molecule has 29 heavy (non-hydrogen) atoms. The lowest BCUT2D eigenvalue weighted by Crippen LogP contribution is -2.11. The molecule has 1 amide bonds. The Labute approximate surface area is 175 Å². The molecule has 1 heterocycles. The van der Waals surface area contributed by atoms with E-state index in [1.54, 1.807) is 31.2 Å². The summed E-state index contributed by atoms with van der Waals surface area (Å²) in [5, 5.41) is 31.6. The zero-order chi connectivity index (χ0) is 21.1. The van der Waals surface area contributed by atoms with Gasteiger partial charge < -0.3 is 20.6 Å². The van der Waals surface area contributed by atoms with Crippen LogP contribution < -0.4 is 5.32 Å². The van der Waals surface area contributed by atoms with Crippen molar-refractivity contribution in [1.29, 1.82) is 0 Å². The quantitative estimate of drug-likeness (QED) is 0.332. The van der Waals surface area contributed by atoms with Crippen LogP contribution in [-0.4, -0.2) is 27.2 Å². The van der Waals surface area contributed by atoms with Crippen LogP contribution in [0.4, 0.5) is 5.69 Å². The van der Waals surface area contributed by atoms with Crippen molar-refractivity contribution in [2.75, 3.05) is 5.32 Å². The molecular weight excluding hydrogens is 414 g/mol. The summed E-state index contributed by atoms with van der Waals surface area (Å²) in [6.07, 6.45) is 2.66. The Balaban J connectivity index is 1.88. The fourth-order valence-electron chi connectivity index (χ4n) is 2.67. The van der Waals surface area contributed by atoms with Gasteiger partial charge in [0.15, 0.2) is 11.5 Å². The molecule has 0 fully saturated rings. The van der Waals surface area contributed by atoms with Gasteiger partial charge in [0, 0.05) is 16.0 Å². The number of rotatable bonds is 5. The van der Waals surface area contributed by atoms with E-state index < -0.39 is 11.9 Å². The van der Waals surface area contributed by atoms with Crippen molar-refractivity contribution >= 4 is 46.6 Å². The van der Waals surface area contributed by atoms with Crippen LogP contribution in [0.3, 0.4) is 0 Å². The van der Waals surface area contributed by atoms with E-state index in [0.29, 0.717) is 16.1 Å². The fraction of sp³-hybridized carbons (Fsp3) is 0.0476. The molecule has 0 aliphatic rings. The summed E-state index contributed by atoms with van der Waals surface area (Å²) in [7, 11) is 0. The summed E-state index contributed by atoms with van der Waals surface area (Å²) in [5.74, 6) is -2.23. The predicted octanol–water partition coefficient (Wildman–Crippen LogP) is 5.14. The van der Waals surface area contributed by atoms with Crippen LogP contribution in [0.15, 0.2) is 48.5 Å². The Morgan fingerprint density at radius 3 is 2.38 bits per heavy atom. The molecule has 6 nitrogen and oxygen atoms in total. The van der Waals surface area contributed by atoms with Gasteiger partial charge in [-0.1, -0.05) is 29.8 Å². The summed E-state index contributed by atoms with van der Waals surface area (Å²) in [4.78, 5) is 24.8. The average Bonchev–Trinajstić information content (AvgIpc) is 3.00. The van der Waals surface area contributed by atoms with Gasteiger partial charge in [-0.3, -0.25) is 4.79 Å². The third kappa shape index (κ3) is 4.59. The Morgan fingerprint density at radius 2 is 1.76 bits per heavy atom. The Hall–Kier alpha value is -3.29. The third-order valence-electron chi connectivity index (χ3n) is 4.12. The van der Waals surface area contributed by atoms with Crippen molar-refractivity contribution < 1.29 is 24.9 Å². The smallest absolute Gasteiger partial charge is 0.348 e. The Bertz CT molecular complexity index is 1120. The van der Waals surface area contributed by atoms with Gasteiger partial charge in [-0.15, -0.1) is 11.3 Å². The number of phenols is 2. The molecule has 0 unspecified atom stereocenters. The zero-order valence-electron chi connectivity index (χ0n) is 15.1. The molecule has 0 aliphatic carbocycles. The van der Waals surface area contributed by atoms with E-state index in [2.05, 4.69) is 5.32 Å². The standard InChI is InChI=1S/C21H16ClNO5S/c1-11-18(23-17(26)9-3-12-2-8-15(24)16(25)10-12)20(21(27)28)29-19(11)13-4-6-14(22)7-5-13/h2-10,24-25H,1H3,(H,23,26)(H,27,28). The highest BCUT2D eigenvalue weighted by molar-refractivity contribution is 7.18. The second-order valence-electron chi connectivity index (χ2n) is 6.14. The maximum absolute atomic E-state index is 12.3. The second kappa shape index (κ2) is 8.38. The number of nitrogens with one attached hydrogen (secondary N) is 1. The maximum Gasteiger partial charge on any atom is 0.348 e. The molecule has 0 atom stereocenters. The van der Waals surface area contributed by atoms with Crippen molar-refractivity contribution in [3.8, 4) is 21.9 Å². The van der Waals surface area contributed by atoms with Crippen LogP contribution in [0, 0.1) is 6.92 Å². The van der Waals surface area contributed by atoms with E-state index in [-0.39, 0.29) is 22.1 Å². The van der Waals surface area contributed by atoms with Gasteiger partial charge in [0.2, 0.25) is 5.91 Å². The van der Waals surface area contributed by atoms with Gasteiger partial charge in [0.25, 0.3) is 0 Å². The molecule has 2 aromatic carbocycles. The minimum Gasteiger partial charge on any atom is -0.504 e. The van der Waals surface area contributed by atoms with Crippen LogP contribution in [0.25, 0.3) is 16.5 Å². The largest absolute Gasteiger partial charge is 0.504 e. The van der Waals surface area contributed by atoms with Crippen molar-refractivity contribution in [3.63, 3.8) is 0 Å². The lowest BCUT2D eigenvalue weighted by atomic mass is 10.1. The number of amides is 1. The first-order valence-electron chi connectivity index (χ1n) is 8.40. The number of carbonyl (C=O) groups is 2. The molecule has 3 rings (SSSR count). The molecule has 4 N–H and O–H groups in total. The average molecular weight is 430 g/mol. The summed E-state index contributed by atoms with van der Waals surface area (Å²) >= 11 is 6.98. The van der Waals surface area contributed by atoms with Crippen molar-refractivity contribution in [1.82, 2.24) is 0 Å². The highest BCUT2D eigenvalue weighted by Crippen LogP contribution is 2.40. The SMILES string of the molecule is Cc1c(-c2ccc(Cl)cc2)sc(C(=O)O)c1NC(=O)C=Cc1ccc(O)c(O)c1. The molecule has 0 bridgehead atoms. The van der Waals surface area contributed by atoms with Gasteiger partial charge in [0.05, 0.1) is 5.69 Å². The van der Waals surface area contributed by atoms with E-state index >= 15 is 0 Å². The van der Waals surface area contributed by atoms with Crippen molar-refractivity contribution in [3.05, 3.63) is 69.6 Å². The number of thiophene rings is 1. The number of hydrogen-bond donors (Lipinski definition) is 4. The number of anilines is 1. The van der Waals surface area contributed by atoms with Gasteiger partial charge in [-0.2, -0.15) is 0 Å². The van der Waals surface area contributed by atoms with Crippen LogP contribution in [0.5, 0.6) is 11.5 Å². The predicted molar refractivity (Wildman–Crippen MR) is 114 cm³/mol. The first-order chi connectivity index (χ1) is 13.8.